The molecule has 0 spiro atoms. The van der Waals surface area contributed by atoms with Crippen molar-refractivity contribution >= 4 is 17.3 Å². The average Bonchev–Trinajstić information content (AvgIpc) is 3.13. The second-order valence-corrected chi connectivity index (χ2v) is 5.68. The number of ether oxygens (including phenoxy) is 1. The largest absolute Gasteiger partial charge is 0.381 e. The fourth-order valence-electron chi connectivity index (χ4n) is 2.65. The summed E-state index contributed by atoms with van der Waals surface area (Å²) in [7, 11) is 1.77. The number of pyridine rings is 1. The van der Waals surface area contributed by atoms with Crippen LogP contribution < -0.4 is 10.2 Å². The van der Waals surface area contributed by atoms with Gasteiger partial charge in [-0.25, -0.2) is 0 Å². The Labute approximate surface area is 136 Å². The molecule has 2 heterocycles. The van der Waals surface area contributed by atoms with Crippen LogP contribution in [0.1, 0.15) is 23.2 Å². The van der Waals surface area contributed by atoms with Gasteiger partial charge in [-0.2, -0.15) is 0 Å². The molecule has 1 saturated heterocycles. The van der Waals surface area contributed by atoms with Crippen LogP contribution in [-0.4, -0.2) is 37.2 Å². The molecule has 23 heavy (non-hydrogen) atoms. The van der Waals surface area contributed by atoms with E-state index in [-0.39, 0.29) is 12.0 Å². The van der Waals surface area contributed by atoms with Gasteiger partial charge in [-0.1, -0.05) is 18.2 Å². The summed E-state index contributed by atoms with van der Waals surface area (Å²) in [6.45, 7) is 1.58. The topological polar surface area (TPSA) is 54.5 Å². The van der Waals surface area contributed by atoms with Crippen molar-refractivity contribution in [2.45, 2.75) is 18.9 Å². The first-order valence-corrected chi connectivity index (χ1v) is 7.87. The molecule has 1 fully saturated rings. The number of hydrogen-bond donors (Lipinski definition) is 1. The molecule has 1 aliphatic heterocycles. The lowest BCUT2D eigenvalue weighted by atomic mass is 10.2. The fourth-order valence-corrected chi connectivity index (χ4v) is 2.65. The number of nitrogens with one attached hydrogen (secondary N) is 1. The molecule has 3 rings (SSSR count). The summed E-state index contributed by atoms with van der Waals surface area (Å²) in [5, 5.41) is 3.30. The van der Waals surface area contributed by atoms with Gasteiger partial charge in [0.05, 0.1) is 17.4 Å². The smallest absolute Gasteiger partial charge is 0.259 e. The Hall–Kier alpha value is -2.40. The minimum absolute atomic E-state index is 0.0792. The normalized spacial score (nSPS) is 17.0. The first kappa shape index (κ1) is 15.5. The van der Waals surface area contributed by atoms with Crippen LogP contribution in [0.5, 0.6) is 0 Å². The number of para-hydroxylation sites is 1. The number of anilines is 2. The number of nitrogens with zero attached hydrogens (tertiary/aromatic N) is 2. The van der Waals surface area contributed by atoms with Crippen molar-refractivity contribution in [3.05, 3.63) is 54.4 Å². The van der Waals surface area contributed by atoms with Gasteiger partial charge in [-0.15, -0.1) is 0 Å². The van der Waals surface area contributed by atoms with E-state index in [1.807, 2.05) is 36.4 Å². The number of carbonyl (C=O) groups excluding carboxylic acids is 1. The third kappa shape index (κ3) is 3.87. The number of benzene rings is 1. The molecule has 5 nitrogen and oxygen atoms in total. The lowest BCUT2D eigenvalue weighted by Gasteiger charge is -2.18. The maximum absolute atomic E-state index is 12.6. The van der Waals surface area contributed by atoms with Gasteiger partial charge >= 0.3 is 0 Å². The summed E-state index contributed by atoms with van der Waals surface area (Å²) in [4.78, 5) is 18.4. The summed E-state index contributed by atoms with van der Waals surface area (Å²) in [5.41, 5.74) is 2.26. The van der Waals surface area contributed by atoms with Crippen LogP contribution in [-0.2, 0) is 4.74 Å². The molecular formula is C18H21N3O2. The quantitative estimate of drug-likeness (QED) is 0.922. The molecule has 1 aromatic heterocycles. The maximum atomic E-state index is 12.6. The first-order chi connectivity index (χ1) is 11.2. The van der Waals surface area contributed by atoms with E-state index in [2.05, 4.69) is 10.3 Å². The van der Waals surface area contributed by atoms with Crippen LogP contribution in [0.3, 0.4) is 0 Å². The highest BCUT2D eigenvalue weighted by atomic mass is 16.5. The Balaban J connectivity index is 1.67. The van der Waals surface area contributed by atoms with Crippen LogP contribution in [0.2, 0.25) is 0 Å². The molecule has 0 saturated carbocycles. The van der Waals surface area contributed by atoms with Crippen molar-refractivity contribution in [2.75, 3.05) is 30.4 Å². The van der Waals surface area contributed by atoms with Gasteiger partial charge < -0.3 is 15.0 Å². The van der Waals surface area contributed by atoms with E-state index >= 15 is 0 Å². The summed E-state index contributed by atoms with van der Waals surface area (Å²) < 4.78 is 5.59. The molecule has 1 amide bonds. The van der Waals surface area contributed by atoms with Crippen molar-refractivity contribution in [3.8, 4) is 0 Å². The van der Waals surface area contributed by atoms with E-state index in [4.69, 9.17) is 4.74 Å². The van der Waals surface area contributed by atoms with Gasteiger partial charge in [0.25, 0.3) is 5.91 Å². The van der Waals surface area contributed by atoms with Crippen molar-refractivity contribution in [1.29, 1.82) is 0 Å². The Kier molecular flexibility index (Phi) is 4.88. The second-order valence-electron chi connectivity index (χ2n) is 5.68. The van der Waals surface area contributed by atoms with Crippen LogP contribution in [0.4, 0.5) is 11.4 Å². The number of aromatic nitrogens is 1. The third-order valence-electron chi connectivity index (χ3n) is 3.99. The van der Waals surface area contributed by atoms with E-state index in [9.17, 15) is 4.79 Å². The number of hydrogen-bond acceptors (Lipinski definition) is 4. The number of carbonyl (C=O) groups is 1. The highest BCUT2D eigenvalue weighted by Gasteiger charge is 2.16. The molecule has 1 aromatic carbocycles. The summed E-state index contributed by atoms with van der Waals surface area (Å²) >= 11 is 0. The molecule has 0 bridgehead atoms. The van der Waals surface area contributed by atoms with Gasteiger partial charge in [-0.3, -0.25) is 9.78 Å². The highest BCUT2D eigenvalue weighted by Crippen LogP contribution is 2.17. The van der Waals surface area contributed by atoms with Crippen LogP contribution in [0.15, 0.2) is 48.8 Å². The predicted octanol–water partition coefficient (Wildman–Crippen LogP) is 2.95. The summed E-state index contributed by atoms with van der Waals surface area (Å²) in [6.07, 6.45) is 5.77. The maximum Gasteiger partial charge on any atom is 0.259 e. The lowest BCUT2D eigenvalue weighted by molar-refractivity contribution is 0.0992. The van der Waals surface area contributed by atoms with Gasteiger partial charge in [0.15, 0.2) is 0 Å². The molecule has 1 atom stereocenters. The van der Waals surface area contributed by atoms with Crippen molar-refractivity contribution in [1.82, 2.24) is 4.98 Å². The van der Waals surface area contributed by atoms with Crippen LogP contribution in [0, 0.1) is 0 Å². The Morgan fingerprint density at radius 1 is 1.35 bits per heavy atom. The molecule has 120 valence electrons. The van der Waals surface area contributed by atoms with E-state index in [0.717, 1.165) is 37.4 Å². The number of rotatable bonds is 5. The number of amides is 1. The highest BCUT2D eigenvalue weighted by molar-refractivity contribution is 6.05. The van der Waals surface area contributed by atoms with Gasteiger partial charge in [0, 0.05) is 38.3 Å². The molecule has 1 aliphatic rings. The molecule has 2 aromatic rings. The minimum Gasteiger partial charge on any atom is -0.381 e. The third-order valence-corrected chi connectivity index (χ3v) is 3.99. The first-order valence-electron chi connectivity index (χ1n) is 7.87. The standard InChI is InChI=1S/C18H21N3O2/c1-21(16-6-3-2-4-7-16)18(22)14-10-15(12-19-11-14)20-13-17-8-5-9-23-17/h2-4,6-7,10-12,17,20H,5,8-9,13H2,1H3. The summed E-state index contributed by atoms with van der Waals surface area (Å²) in [5.74, 6) is -0.0792. The zero-order chi connectivity index (χ0) is 16.1. The predicted molar refractivity (Wildman–Crippen MR) is 90.9 cm³/mol. The molecule has 1 unspecified atom stereocenters. The molecule has 0 aliphatic carbocycles. The van der Waals surface area contributed by atoms with E-state index in [0.29, 0.717) is 5.56 Å². The van der Waals surface area contributed by atoms with Gasteiger partial charge in [0.2, 0.25) is 0 Å². The molecule has 5 heteroatoms. The van der Waals surface area contributed by atoms with Crippen LogP contribution in [0.25, 0.3) is 0 Å². The van der Waals surface area contributed by atoms with Crippen molar-refractivity contribution < 1.29 is 9.53 Å². The Bertz CT molecular complexity index is 654. The average molecular weight is 311 g/mol. The zero-order valence-corrected chi connectivity index (χ0v) is 13.2. The Morgan fingerprint density at radius 2 is 2.17 bits per heavy atom. The molecular weight excluding hydrogens is 290 g/mol. The lowest BCUT2D eigenvalue weighted by Crippen LogP contribution is -2.26. The monoisotopic (exact) mass is 311 g/mol. The zero-order valence-electron chi connectivity index (χ0n) is 13.2. The minimum atomic E-state index is -0.0792. The molecule has 0 radical (unpaired) electrons. The fraction of sp³-hybridized carbons (Fsp3) is 0.333. The van der Waals surface area contributed by atoms with E-state index < -0.39 is 0 Å². The van der Waals surface area contributed by atoms with Gasteiger partial charge in [-0.05, 0) is 31.0 Å². The Morgan fingerprint density at radius 3 is 2.91 bits per heavy atom. The van der Waals surface area contributed by atoms with Crippen molar-refractivity contribution in [2.24, 2.45) is 0 Å². The van der Waals surface area contributed by atoms with E-state index in [1.54, 1.807) is 24.3 Å². The van der Waals surface area contributed by atoms with Crippen molar-refractivity contribution in [3.63, 3.8) is 0 Å². The van der Waals surface area contributed by atoms with Gasteiger partial charge in [0.1, 0.15) is 0 Å². The van der Waals surface area contributed by atoms with Crippen LogP contribution >= 0.6 is 0 Å². The summed E-state index contributed by atoms with van der Waals surface area (Å²) in [6, 6.07) is 11.4. The second kappa shape index (κ2) is 7.24. The molecule has 1 N–H and O–H groups in total. The SMILES string of the molecule is CN(C(=O)c1cncc(NCC2CCCO2)c1)c1ccccc1. The van der Waals surface area contributed by atoms with E-state index in [1.165, 1.54) is 0 Å².